The van der Waals surface area contributed by atoms with Crippen molar-refractivity contribution in [2.45, 2.75) is 39.0 Å². The highest BCUT2D eigenvalue weighted by molar-refractivity contribution is 8.14. The first-order valence-corrected chi connectivity index (χ1v) is 10.2. The monoisotopic (exact) mass is 397 g/mol. The minimum absolute atomic E-state index is 0.0278. The molecule has 6 heteroatoms. The molecule has 28 heavy (non-hydrogen) atoms. The van der Waals surface area contributed by atoms with E-state index < -0.39 is 0 Å². The van der Waals surface area contributed by atoms with Gasteiger partial charge in [0.1, 0.15) is 11.5 Å². The van der Waals surface area contributed by atoms with Gasteiger partial charge in [-0.05, 0) is 56.3 Å². The number of fused-ring (bicyclic) bond motifs is 1. The smallest absolute Gasteiger partial charge is 0.219 e. The quantitative estimate of drug-likeness (QED) is 0.564. The molecule has 0 N–H and O–H groups in total. The van der Waals surface area contributed by atoms with Crippen molar-refractivity contribution >= 4 is 33.7 Å². The van der Waals surface area contributed by atoms with Gasteiger partial charge >= 0.3 is 0 Å². The van der Waals surface area contributed by atoms with Crippen molar-refractivity contribution in [1.29, 1.82) is 0 Å². The molecule has 0 unspecified atom stereocenters. The average molecular weight is 398 g/mol. The molecule has 1 aromatic heterocycles. The Bertz CT molecular complexity index is 1000. The molecule has 0 amide bonds. The summed E-state index contributed by atoms with van der Waals surface area (Å²) < 4.78 is 13.4. The Kier molecular flexibility index (Phi) is 5.98. The molecular weight excluding hydrogens is 373 g/mol. The summed E-state index contributed by atoms with van der Waals surface area (Å²) >= 11 is 1.30. The van der Waals surface area contributed by atoms with E-state index in [0.29, 0.717) is 28.1 Å². The number of benzene rings is 2. The van der Waals surface area contributed by atoms with Crippen LogP contribution in [0.15, 0.2) is 42.5 Å². The van der Waals surface area contributed by atoms with Crippen LogP contribution in [0, 0.1) is 5.82 Å². The number of nitrogens with zero attached hydrogens (tertiary/aromatic N) is 3. The molecule has 0 atom stereocenters. The number of hydrogen-bond acceptors (Lipinski definition) is 5. The number of thioether (sulfide) groups is 1. The van der Waals surface area contributed by atoms with Crippen molar-refractivity contribution in [3.63, 3.8) is 0 Å². The lowest BCUT2D eigenvalue weighted by atomic mass is 10.1. The third kappa shape index (κ3) is 4.33. The Morgan fingerprint density at radius 1 is 1.00 bits per heavy atom. The van der Waals surface area contributed by atoms with Crippen LogP contribution in [0.3, 0.4) is 0 Å². The molecule has 146 valence electrons. The van der Waals surface area contributed by atoms with Crippen LogP contribution in [0.2, 0.25) is 0 Å². The van der Waals surface area contributed by atoms with Crippen LogP contribution in [-0.4, -0.2) is 33.4 Å². The van der Waals surface area contributed by atoms with Crippen molar-refractivity contribution in [1.82, 2.24) is 9.97 Å². The number of rotatable bonds is 5. The molecular formula is C22H24FN3OS. The summed E-state index contributed by atoms with van der Waals surface area (Å²) in [6.45, 7) is 8.13. The van der Waals surface area contributed by atoms with Crippen molar-refractivity contribution in [2.24, 2.45) is 0 Å². The van der Waals surface area contributed by atoms with E-state index >= 15 is 0 Å². The topological polar surface area (TPSA) is 46.1 Å². The van der Waals surface area contributed by atoms with E-state index in [-0.39, 0.29) is 22.2 Å². The molecule has 0 fully saturated rings. The van der Waals surface area contributed by atoms with Gasteiger partial charge in [0.25, 0.3) is 0 Å². The van der Waals surface area contributed by atoms with Gasteiger partial charge in [0.2, 0.25) is 5.12 Å². The molecule has 4 nitrogen and oxygen atoms in total. The summed E-state index contributed by atoms with van der Waals surface area (Å²) in [4.78, 5) is 24.1. The summed E-state index contributed by atoms with van der Waals surface area (Å²) in [5, 5.41) is 0.248. The van der Waals surface area contributed by atoms with Crippen LogP contribution in [-0.2, 0) is 0 Å². The number of aromatic nitrogens is 2. The number of halogens is 1. The van der Waals surface area contributed by atoms with Crippen molar-refractivity contribution in [3.8, 4) is 11.3 Å². The van der Waals surface area contributed by atoms with Crippen molar-refractivity contribution in [3.05, 3.63) is 53.8 Å². The molecule has 1 heterocycles. The molecule has 0 saturated heterocycles. The van der Waals surface area contributed by atoms with Crippen LogP contribution in [0.25, 0.3) is 22.3 Å². The number of anilines is 1. The molecule has 0 aliphatic heterocycles. The fourth-order valence-electron chi connectivity index (χ4n) is 2.75. The van der Waals surface area contributed by atoms with Crippen LogP contribution in [0.5, 0.6) is 0 Å². The highest BCUT2D eigenvalue weighted by Crippen LogP contribution is 2.31. The van der Waals surface area contributed by atoms with Crippen molar-refractivity contribution in [2.75, 3.05) is 11.9 Å². The fraction of sp³-hybridized carbons (Fsp3) is 0.318. The van der Waals surface area contributed by atoms with Crippen LogP contribution < -0.4 is 4.90 Å². The first kappa shape index (κ1) is 20.3. The van der Waals surface area contributed by atoms with Crippen LogP contribution >= 0.6 is 11.8 Å². The fourth-order valence-corrected chi connectivity index (χ4v) is 3.44. The average Bonchev–Trinajstić information content (AvgIpc) is 2.66. The predicted octanol–water partition coefficient (Wildman–Crippen LogP) is 5.56. The maximum Gasteiger partial charge on any atom is 0.219 e. The summed E-state index contributed by atoms with van der Waals surface area (Å²) in [5.41, 5.74) is 3.48. The van der Waals surface area contributed by atoms with Crippen molar-refractivity contribution < 1.29 is 9.18 Å². The van der Waals surface area contributed by atoms with Gasteiger partial charge in [-0.3, -0.25) is 4.79 Å². The predicted molar refractivity (Wildman–Crippen MR) is 116 cm³/mol. The van der Waals surface area contributed by atoms with Gasteiger partial charge in [-0.1, -0.05) is 25.6 Å². The molecule has 3 rings (SSSR count). The maximum atomic E-state index is 13.4. The second kappa shape index (κ2) is 8.27. The summed E-state index contributed by atoms with van der Waals surface area (Å²) in [6.07, 6.45) is 0. The van der Waals surface area contributed by atoms with E-state index in [4.69, 9.17) is 9.97 Å². The molecule has 0 aliphatic carbocycles. The highest BCUT2D eigenvalue weighted by atomic mass is 32.2. The van der Waals surface area contributed by atoms with E-state index in [1.165, 1.54) is 23.9 Å². The zero-order chi connectivity index (χ0) is 20.4. The lowest BCUT2D eigenvalue weighted by Crippen LogP contribution is -2.27. The van der Waals surface area contributed by atoms with E-state index in [0.717, 1.165) is 5.56 Å². The van der Waals surface area contributed by atoms with Gasteiger partial charge in [-0.25, -0.2) is 14.4 Å². The second-order valence-electron chi connectivity index (χ2n) is 7.26. The Balaban J connectivity index is 2.16. The first-order chi connectivity index (χ1) is 13.3. The van der Waals surface area contributed by atoms with E-state index in [9.17, 15) is 9.18 Å². The molecule has 0 saturated carbocycles. The van der Waals surface area contributed by atoms with Crippen LogP contribution in [0.4, 0.5) is 10.2 Å². The Morgan fingerprint density at radius 2 is 1.68 bits per heavy atom. The van der Waals surface area contributed by atoms with Gasteiger partial charge in [-0.15, -0.1) is 0 Å². The number of hydrogen-bond donors (Lipinski definition) is 0. The zero-order valence-corrected chi connectivity index (χ0v) is 17.5. The van der Waals surface area contributed by atoms with Gasteiger partial charge in [0.05, 0.1) is 11.0 Å². The normalized spacial score (nSPS) is 11.4. The Morgan fingerprint density at radius 3 is 2.29 bits per heavy atom. The van der Waals surface area contributed by atoms with Gasteiger partial charge in [0, 0.05) is 29.5 Å². The molecule has 0 radical (unpaired) electrons. The third-order valence-corrected chi connectivity index (χ3v) is 5.37. The molecule has 0 aliphatic rings. The third-order valence-electron chi connectivity index (χ3n) is 4.45. The maximum absolute atomic E-state index is 13.4. The van der Waals surface area contributed by atoms with Gasteiger partial charge in [-0.2, -0.15) is 0 Å². The number of carbonyl (C=O) groups is 1. The summed E-state index contributed by atoms with van der Waals surface area (Å²) in [7, 11) is 1.96. The van der Waals surface area contributed by atoms with Crippen LogP contribution in [0.1, 0.15) is 38.1 Å². The Labute approximate surface area is 169 Å². The molecule has 2 aromatic carbocycles. The standard InChI is InChI=1S/C22H24FN3OS/c1-13(2)26(5)21-20(15-6-9-17(23)10-7-15)24-18-11-8-16(12-19(18)25-21)22(27)28-14(3)4/h6-14H,1-5H3. The van der Waals surface area contributed by atoms with Gasteiger partial charge in [0.15, 0.2) is 5.82 Å². The Hall–Kier alpha value is -2.47. The van der Waals surface area contributed by atoms with E-state index in [1.807, 2.05) is 31.9 Å². The SMILES string of the molecule is CC(C)SC(=O)c1ccc2nc(-c3ccc(F)cc3)c(N(C)C(C)C)nc2c1. The molecule has 0 bridgehead atoms. The summed E-state index contributed by atoms with van der Waals surface area (Å²) in [5.74, 6) is 0.414. The summed E-state index contributed by atoms with van der Waals surface area (Å²) in [6, 6.07) is 11.9. The first-order valence-electron chi connectivity index (χ1n) is 9.28. The highest BCUT2D eigenvalue weighted by Gasteiger charge is 2.18. The molecule has 3 aromatic rings. The lowest BCUT2D eigenvalue weighted by molar-refractivity contribution is 0.108. The minimum atomic E-state index is -0.290. The van der Waals surface area contributed by atoms with E-state index in [1.54, 1.807) is 24.3 Å². The van der Waals surface area contributed by atoms with Gasteiger partial charge < -0.3 is 4.90 Å². The lowest BCUT2D eigenvalue weighted by Gasteiger charge is -2.25. The zero-order valence-electron chi connectivity index (χ0n) is 16.7. The largest absolute Gasteiger partial charge is 0.355 e. The van der Waals surface area contributed by atoms with E-state index in [2.05, 4.69) is 13.8 Å². The second-order valence-corrected chi connectivity index (χ2v) is 8.81. The molecule has 0 spiro atoms. The number of carbonyl (C=O) groups excluding carboxylic acids is 1. The minimum Gasteiger partial charge on any atom is -0.355 e.